The number of benzene rings is 2. The first-order valence-corrected chi connectivity index (χ1v) is 8.11. The van der Waals surface area contributed by atoms with Crippen molar-refractivity contribution in [3.63, 3.8) is 0 Å². The molecule has 0 aromatic heterocycles. The van der Waals surface area contributed by atoms with E-state index in [0.29, 0.717) is 6.61 Å². The number of aryl methyl sites for hydroxylation is 2. The van der Waals surface area contributed by atoms with E-state index in [0.717, 1.165) is 29.7 Å². The largest absolute Gasteiger partial charge is 0.494 e. The third-order valence-corrected chi connectivity index (χ3v) is 4.27. The minimum absolute atomic E-state index is 0.114. The van der Waals surface area contributed by atoms with Crippen molar-refractivity contribution in [3.05, 3.63) is 64.7 Å². The van der Waals surface area contributed by atoms with Crippen molar-refractivity contribution < 1.29 is 4.74 Å². The lowest BCUT2D eigenvalue weighted by atomic mass is 9.96. The molecule has 0 heterocycles. The van der Waals surface area contributed by atoms with Gasteiger partial charge in [-0.15, -0.1) is 11.6 Å². The highest BCUT2D eigenvalue weighted by atomic mass is 35.5. The molecule has 112 valence electrons. The SMILES string of the molecule is CCOc1ccc(C(Cl)c2ccc(CC)c(CC)c2)cc1. The molecule has 21 heavy (non-hydrogen) atoms. The molecule has 0 bridgehead atoms. The van der Waals surface area contributed by atoms with Gasteiger partial charge in [0, 0.05) is 0 Å². The molecule has 0 N–H and O–H groups in total. The molecule has 2 rings (SSSR count). The molecule has 0 aliphatic rings. The normalized spacial score (nSPS) is 12.2. The van der Waals surface area contributed by atoms with Crippen molar-refractivity contribution in [2.75, 3.05) is 6.61 Å². The van der Waals surface area contributed by atoms with Crippen LogP contribution in [0.5, 0.6) is 5.75 Å². The molecule has 0 aliphatic carbocycles. The van der Waals surface area contributed by atoms with Crippen molar-refractivity contribution in [2.24, 2.45) is 0 Å². The molecule has 0 amide bonds. The van der Waals surface area contributed by atoms with E-state index in [-0.39, 0.29) is 5.38 Å². The molecular formula is C19H23ClO. The molecule has 1 unspecified atom stereocenters. The van der Waals surface area contributed by atoms with Gasteiger partial charge >= 0.3 is 0 Å². The van der Waals surface area contributed by atoms with Gasteiger partial charge in [-0.05, 0) is 54.2 Å². The Hall–Kier alpha value is -1.47. The second-order valence-electron chi connectivity index (χ2n) is 5.10. The quantitative estimate of drug-likeness (QED) is 0.637. The van der Waals surface area contributed by atoms with E-state index in [4.69, 9.17) is 16.3 Å². The molecule has 0 fully saturated rings. The Bertz CT molecular complexity index is 575. The molecule has 1 nitrogen and oxygen atoms in total. The van der Waals surface area contributed by atoms with Crippen molar-refractivity contribution in [2.45, 2.75) is 39.0 Å². The van der Waals surface area contributed by atoms with Gasteiger partial charge in [0.25, 0.3) is 0 Å². The minimum Gasteiger partial charge on any atom is -0.494 e. The summed E-state index contributed by atoms with van der Waals surface area (Å²) < 4.78 is 5.47. The Balaban J connectivity index is 2.24. The van der Waals surface area contributed by atoms with Gasteiger partial charge in [0.15, 0.2) is 0 Å². The highest BCUT2D eigenvalue weighted by Gasteiger charge is 2.12. The zero-order valence-corrected chi connectivity index (χ0v) is 13.8. The van der Waals surface area contributed by atoms with Crippen molar-refractivity contribution in [1.29, 1.82) is 0 Å². The maximum atomic E-state index is 6.64. The van der Waals surface area contributed by atoms with Crippen LogP contribution in [-0.2, 0) is 12.8 Å². The summed E-state index contributed by atoms with van der Waals surface area (Å²) in [5.41, 5.74) is 5.07. The summed E-state index contributed by atoms with van der Waals surface area (Å²) >= 11 is 6.64. The summed E-state index contributed by atoms with van der Waals surface area (Å²) in [6.45, 7) is 7.05. The molecular weight excluding hydrogens is 280 g/mol. The standard InChI is InChI=1S/C19H23ClO/c1-4-14-7-8-17(13-15(14)5-2)19(20)16-9-11-18(12-10-16)21-6-3/h7-13,19H,4-6H2,1-3H3. The average Bonchev–Trinajstić information content (AvgIpc) is 2.54. The topological polar surface area (TPSA) is 9.23 Å². The van der Waals surface area contributed by atoms with Crippen LogP contribution in [0, 0.1) is 0 Å². The Morgan fingerprint density at radius 2 is 1.48 bits per heavy atom. The van der Waals surface area contributed by atoms with Crippen LogP contribution in [0.1, 0.15) is 48.4 Å². The lowest BCUT2D eigenvalue weighted by Crippen LogP contribution is -1.98. The highest BCUT2D eigenvalue weighted by molar-refractivity contribution is 6.22. The van der Waals surface area contributed by atoms with Crippen molar-refractivity contribution in [1.82, 2.24) is 0 Å². The van der Waals surface area contributed by atoms with E-state index in [9.17, 15) is 0 Å². The van der Waals surface area contributed by atoms with E-state index in [1.54, 1.807) is 0 Å². The average molecular weight is 303 g/mol. The fourth-order valence-electron chi connectivity index (χ4n) is 2.57. The number of rotatable bonds is 6. The molecule has 0 saturated heterocycles. The molecule has 0 spiro atoms. The molecule has 0 aliphatic heterocycles. The predicted octanol–water partition coefficient (Wildman–Crippen LogP) is 5.54. The third kappa shape index (κ3) is 3.79. The lowest BCUT2D eigenvalue weighted by Gasteiger charge is -2.14. The summed E-state index contributed by atoms with van der Waals surface area (Å²) in [6, 6.07) is 14.6. The molecule has 0 saturated carbocycles. The Morgan fingerprint density at radius 3 is 2.05 bits per heavy atom. The molecule has 1 atom stereocenters. The summed E-state index contributed by atoms with van der Waals surface area (Å²) in [7, 11) is 0. The first-order valence-electron chi connectivity index (χ1n) is 7.68. The number of ether oxygens (including phenoxy) is 1. The second-order valence-corrected chi connectivity index (χ2v) is 5.54. The van der Waals surface area contributed by atoms with Crippen LogP contribution in [0.3, 0.4) is 0 Å². The Kier molecular flexibility index (Phi) is 5.69. The molecule has 2 aromatic rings. The fourth-order valence-corrected chi connectivity index (χ4v) is 2.85. The number of hydrogen-bond donors (Lipinski definition) is 0. The predicted molar refractivity (Wildman–Crippen MR) is 90.5 cm³/mol. The monoisotopic (exact) mass is 302 g/mol. The molecule has 2 aromatic carbocycles. The summed E-state index contributed by atoms with van der Waals surface area (Å²) in [5, 5.41) is -0.114. The number of hydrogen-bond acceptors (Lipinski definition) is 1. The van der Waals surface area contributed by atoms with Gasteiger partial charge in [-0.25, -0.2) is 0 Å². The van der Waals surface area contributed by atoms with Crippen LogP contribution in [-0.4, -0.2) is 6.61 Å². The second kappa shape index (κ2) is 7.51. The first kappa shape index (κ1) is 15.9. The lowest BCUT2D eigenvalue weighted by molar-refractivity contribution is 0.340. The maximum Gasteiger partial charge on any atom is 0.119 e. The van der Waals surface area contributed by atoms with Crippen molar-refractivity contribution in [3.8, 4) is 5.75 Å². The minimum atomic E-state index is -0.114. The molecule has 2 heteroatoms. The van der Waals surface area contributed by atoms with E-state index in [2.05, 4.69) is 32.0 Å². The Labute approximate surface area is 132 Å². The number of halogens is 1. The summed E-state index contributed by atoms with van der Waals surface area (Å²) in [4.78, 5) is 0. The van der Waals surface area contributed by atoms with E-state index >= 15 is 0 Å². The van der Waals surface area contributed by atoms with Gasteiger partial charge in [-0.1, -0.05) is 44.2 Å². The fraction of sp³-hybridized carbons (Fsp3) is 0.368. The van der Waals surface area contributed by atoms with E-state index in [1.807, 2.05) is 31.2 Å². The Morgan fingerprint density at radius 1 is 0.857 bits per heavy atom. The van der Waals surface area contributed by atoms with Crippen LogP contribution in [0.2, 0.25) is 0 Å². The van der Waals surface area contributed by atoms with Gasteiger partial charge < -0.3 is 4.74 Å². The molecule has 0 radical (unpaired) electrons. The smallest absolute Gasteiger partial charge is 0.119 e. The van der Waals surface area contributed by atoms with Gasteiger partial charge in [-0.2, -0.15) is 0 Å². The van der Waals surface area contributed by atoms with Crippen LogP contribution >= 0.6 is 11.6 Å². The summed E-state index contributed by atoms with van der Waals surface area (Å²) in [6.07, 6.45) is 2.11. The zero-order valence-electron chi connectivity index (χ0n) is 13.0. The van der Waals surface area contributed by atoms with Gasteiger partial charge in [-0.3, -0.25) is 0 Å². The van der Waals surface area contributed by atoms with Gasteiger partial charge in [0.2, 0.25) is 0 Å². The van der Waals surface area contributed by atoms with Crippen LogP contribution in [0.15, 0.2) is 42.5 Å². The van der Waals surface area contributed by atoms with Crippen LogP contribution in [0.25, 0.3) is 0 Å². The maximum absolute atomic E-state index is 6.64. The number of alkyl halides is 1. The van der Waals surface area contributed by atoms with Crippen LogP contribution < -0.4 is 4.74 Å². The van der Waals surface area contributed by atoms with Gasteiger partial charge in [0.05, 0.1) is 12.0 Å². The summed E-state index contributed by atoms with van der Waals surface area (Å²) in [5.74, 6) is 0.890. The van der Waals surface area contributed by atoms with E-state index in [1.165, 1.54) is 11.1 Å². The zero-order chi connectivity index (χ0) is 15.2. The van der Waals surface area contributed by atoms with Crippen molar-refractivity contribution >= 4 is 11.6 Å². The van der Waals surface area contributed by atoms with Crippen LogP contribution in [0.4, 0.5) is 0 Å². The first-order chi connectivity index (χ1) is 10.2. The van der Waals surface area contributed by atoms with Gasteiger partial charge in [0.1, 0.15) is 5.75 Å². The highest BCUT2D eigenvalue weighted by Crippen LogP contribution is 2.31. The van der Waals surface area contributed by atoms with E-state index < -0.39 is 0 Å². The third-order valence-electron chi connectivity index (χ3n) is 3.77.